The van der Waals surface area contributed by atoms with Crippen LogP contribution in [0.25, 0.3) is 0 Å². The molecule has 2 atom stereocenters. The van der Waals surface area contributed by atoms with Crippen LogP contribution in [0, 0.1) is 22.0 Å². The first-order chi connectivity index (χ1) is 12.4. The third kappa shape index (κ3) is 4.22. The monoisotopic (exact) mass is 366 g/mol. The molecule has 2 rings (SSSR count). The molecule has 1 aliphatic carbocycles. The average molecular weight is 366 g/mol. The van der Waals surface area contributed by atoms with Gasteiger partial charge in [0.25, 0.3) is 11.6 Å². The predicted molar refractivity (Wildman–Crippen MR) is 91.6 cm³/mol. The van der Waals surface area contributed by atoms with Crippen molar-refractivity contribution in [1.82, 2.24) is 5.32 Å². The average Bonchev–Trinajstić information content (AvgIpc) is 2.64. The zero-order valence-electron chi connectivity index (χ0n) is 14.7. The number of rotatable bonds is 7. The van der Waals surface area contributed by atoms with E-state index in [0.29, 0.717) is 12.8 Å². The van der Waals surface area contributed by atoms with E-state index in [1.807, 2.05) is 0 Å². The molecule has 1 fully saturated rings. The molecule has 0 saturated heterocycles. The normalized spacial score (nSPS) is 19.5. The number of carbonyl (C=O) groups is 2. The number of nitro groups is 1. The second kappa shape index (κ2) is 8.50. The number of methoxy groups -OCH3 is 2. The molecule has 9 heteroatoms. The Morgan fingerprint density at radius 3 is 2.42 bits per heavy atom. The van der Waals surface area contributed by atoms with E-state index in [1.54, 1.807) is 0 Å². The van der Waals surface area contributed by atoms with Crippen LogP contribution >= 0.6 is 0 Å². The summed E-state index contributed by atoms with van der Waals surface area (Å²) in [5.41, 5.74) is -0.561. The highest BCUT2D eigenvalue weighted by atomic mass is 16.6. The minimum absolute atomic E-state index is 0.147. The maximum absolute atomic E-state index is 12.5. The van der Waals surface area contributed by atoms with Crippen LogP contribution in [-0.4, -0.2) is 42.7 Å². The van der Waals surface area contributed by atoms with E-state index in [9.17, 15) is 24.8 Å². The number of hydrogen-bond donors (Lipinski definition) is 2. The smallest absolute Gasteiger partial charge is 0.306 e. The maximum atomic E-state index is 12.5. The fourth-order valence-corrected chi connectivity index (χ4v) is 3.30. The number of nitro benzene ring substituents is 1. The molecule has 2 N–H and O–H groups in total. The SMILES string of the molecule is COc1cc(C(=O)NC[C@@H]2CCCC[C@@H]2C(=O)O)c([N+](=O)[O-])cc1OC. The summed E-state index contributed by atoms with van der Waals surface area (Å²) in [4.78, 5) is 34.5. The van der Waals surface area contributed by atoms with Crippen molar-refractivity contribution in [2.45, 2.75) is 25.7 Å². The molecular weight excluding hydrogens is 344 g/mol. The van der Waals surface area contributed by atoms with Crippen molar-refractivity contribution in [3.05, 3.63) is 27.8 Å². The zero-order valence-corrected chi connectivity index (χ0v) is 14.7. The number of hydrogen-bond acceptors (Lipinski definition) is 6. The van der Waals surface area contributed by atoms with E-state index in [2.05, 4.69) is 5.32 Å². The highest BCUT2D eigenvalue weighted by molar-refractivity contribution is 5.99. The van der Waals surface area contributed by atoms with Gasteiger partial charge in [0.15, 0.2) is 11.5 Å². The zero-order chi connectivity index (χ0) is 19.3. The van der Waals surface area contributed by atoms with Gasteiger partial charge in [-0.2, -0.15) is 0 Å². The number of carbonyl (C=O) groups excluding carboxylic acids is 1. The first-order valence-electron chi connectivity index (χ1n) is 8.30. The molecule has 0 spiro atoms. The molecule has 0 radical (unpaired) electrons. The van der Waals surface area contributed by atoms with Crippen molar-refractivity contribution in [2.24, 2.45) is 11.8 Å². The standard InChI is InChI=1S/C17H22N2O7/c1-25-14-7-12(13(19(23)24)8-15(14)26-2)16(20)18-9-10-5-3-4-6-11(10)17(21)22/h7-8,10-11H,3-6,9H2,1-2H3,(H,18,20)(H,21,22)/t10-,11-/m0/s1. The Kier molecular flexibility index (Phi) is 6.37. The van der Waals surface area contributed by atoms with Gasteiger partial charge in [-0.25, -0.2) is 0 Å². The molecule has 1 saturated carbocycles. The summed E-state index contributed by atoms with van der Waals surface area (Å²) in [5, 5.41) is 23.2. The summed E-state index contributed by atoms with van der Waals surface area (Å²) in [6.45, 7) is 0.154. The lowest BCUT2D eigenvalue weighted by molar-refractivity contribution is -0.385. The van der Waals surface area contributed by atoms with Crippen molar-refractivity contribution in [2.75, 3.05) is 20.8 Å². The number of carboxylic acids is 1. The minimum Gasteiger partial charge on any atom is -0.493 e. The fourth-order valence-electron chi connectivity index (χ4n) is 3.30. The van der Waals surface area contributed by atoms with Gasteiger partial charge in [0, 0.05) is 12.6 Å². The van der Waals surface area contributed by atoms with Gasteiger partial charge in [-0.3, -0.25) is 19.7 Å². The lowest BCUT2D eigenvalue weighted by atomic mass is 9.79. The van der Waals surface area contributed by atoms with Crippen LogP contribution in [0.5, 0.6) is 11.5 Å². The number of benzene rings is 1. The third-order valence-electron chi connectivity index (χ3n) is 4.69. The van der Waals surface area contributed by atoms with Gasteiger partial charge in [-0.05, 0) is 18.8 Å². The van der Waals surface area contributed by atoms with Crippen molar-refractivity contribution >= 4 is 17.6 Å². The molecule has 0 aliphatic heterocycles. The summed E-state index contributed by atoms with van der Waals surface area (Å²) >= 11 is 0. The summed E-state index contributed by atoms with van der Waals surface area (Å²) in [6.07, 6.45) is 3.03. The molecule has 0 unspecified atom stereocenters. The molecule has 1 aromatic carbocycles. The van der Waals surface area contributed by atoms with Crippen LogP contribution in [0.1, 0.15) is 36.0 Å². The molecule has 1 amide bonds. The molecule has 1 aromatic rings. The van der Waals surface area contributed by atoms with E-state index < -0.39 is 28.4 Å². The van der Waals surface area contributed by atoms with E-state index in [4.69, 9.17) is 9.47 Å². The van der Waals surface area contributed by atoms with Crippen LogP contribution in [0.15, 0.2) is 12.1 Å². The Labute approximate surface area is 150 Å². The van der Waals surface area contributed by atoms with E-state index >= 15 is 0 Å². The number of nitrogens with one attached hydrogen (secondary N) is 1. The van der Waals surface area contributed by atoms with E-state index in [1.165, 1.54) is 20.3 Å². The topological polar surface area (TPSA) is 128 Å². The summed E-state index contributed by atoms with van der Waals surface area (Å²) in [7, 11) is 2.71. The number of amides is 1. The second-order valence-electron chi connectivity index (χ2n) is 6.18. The number of aliphatic carboxylic acids is 1. The fraction of sp³-hybridized carbons (Fsp3) is 0.529. The maximum Gasteiger partial charge on any atom is 0.306 e. The van der Waals surface area contributed by atoms with Crippen LogP contribution in [0.2, 0.25) is 0 Å². The van der Waals surface area contributed by atoms with Gasteiger partial charge in [-0.1, -0.05) is 12.8 Å². The highest BCUT2D eigenvalue weighted by Gasteiger charge is 2.32. The summed E-state index contributed by atoms with van der Waals surface area (Å²) < 4.78 is 10.1. The molecule has 0 aromatic heterocycles. The molecule has 142 valence electrons. The first kappa shape index (κ1) is 19.5. The molecule has 0 heterocycles. The predicted octanol–water partition coefficient (Wildman–Crippen LogP) is 2.23. The van der Waals surface area contributed by atoms with Gasteiger partial charge in [0.1, 0.15) is 5.56 Å². The summed E-state index contributed by atoms with van der Waals surface area (Å²) in [5.74, 6) is -1.87. The molecule has 26 heavy (non-hydrogen) atoms. The quantitative estimate of drug-likeness (QED) is 0.559. The molecular formula is C17H22N2O7. The van der Waals surface area contributed by atoms with E-state index in [-0.39, 0.29) is 29.5 Å². The highest BCUT2D eigenvalue weighted by Crippen LogP contribution is 2.35. The Balaban J connectivity index is 2.20. The number of carboxylic acid groups (broad SMARTS) is 1. The Morgan fingerprint density at radius 2 is 1.85 bits per heavy atom. The molecule has 0 bridgehead atoms. The van der Waals surface area contributed by atoms with Crippen molar-refractivity contribution in [3.63, 3.8) is 0 Å². The van der Waals surface area contributed by atoms with Crippen molar-refractivity contribution < 1.29 is 29.1 Å². The first-order valence-corrected chi connectivity index (χ1v) is 8.30. The van der Waals surface area contributed by atoms with Crippen molar-refractivity contribution in [3.8, 4) is 11.5 Å². The lowest BCUT2D eigenvalue weighted by Crippen LogP contribution is -2.37. The minimum atomic E-state index is -0.874. The van der Waals surface area contributed by atoms with Crippen LogP contribution in [0.4, 0.5) is 5.69 Å². The van der Waals surface area contributed by atoms with Gasteiger partial charge in [0.05, 0.1) is 31.1 Å². The largest absolute Gasteiger partial charge is 0.493 e. The van der Waals surface area contributed by atoms with Crippen LogP contribution < -0.4 is 14.8 Å². The molecule has 9 nitrogen and oxygen atoms in total. The van der Waals surface area contributed by atoms with Crippen molar-refractivity contribution in [1.29, 1.82) is 0 Å². The molecule has 1 aliphatic rings. The summed E-state index contributed by atoms with van der Waals surface area (Å²) in [6, 6.07) is 2.39. The second-order valence-corrected chi connectivity index (χ2v) is 6.18. The lowest BCUT2D eigenvalue weighted by Gasteiger charge is -2.28. The third-order valence-corrected chi connectivity index (χ3v) is 4.69. The van der Waals surface area contributed by atoms with Gasteiger partial charge in [0.2, 0.25) is 0 Å². The Bertz CT molecular complexity index is 705. The van der Waals surface area contributed by atoms with Gasteiger partial charge < -0.3 is 19.9 Å². The van der Waals surface area contributed by atoms with Gasteiger partial charge >= 0.3 is 5.97 Å². The van der Waals surface area contributed by atoms with Gasteiger partial charge in [-0.15, -0.1) is 0 Å². The number of ether oxygens (including phenoxy) is 2. The Hall–Kier alpha value is -2.84. The van der Waals surface area contributed by atoms with E-state index in [0.717, 1.165) is 18.9 Å². The van der Waals surface area contributed by atoms with Crippen LogP contribution in [0.3, 0.4) is 0 Å². The van der Waals surface area contributed by atoms with Crippen LogP contribution in [-0.2, 0) is 4.79 Å². The Morgan fingerprint density at radius 1 is 1.23 bits per heavy atom. The number of nitrogens with zero attached hydrogens (tertiary/aromatic N) is 1.